The van der Waals surface area contributed by atoms with E-state index in [9.17, 15) is 9.59 Å². The highest BCUT2D eigenvalue weighted by molar-refractivity contribution is 5.77. The summed E-state index contributed by atoms with van der Waals surface area (Å²) in [6.07, 6.45) is 10.4. The van der Waals surface area contributed by atoms with Crippen LogP contribution in [0.15, 0.2) is 41.5 Å². The maximum atomic E-state index is 13.4. The predicted molar refractivity (Wildman–Crippen MR) is 153 cm³/mol. The zero-order chi connectivity index (χ0) is 27.6. The number of nitrogens with zero attached hydrogens (tertiary/aromatic N) is 1. The fraction of sp³-hybridized carbons (Fsp3) is 0.706. The van der Waals surface area contributed by atoms with Gasteiger partial charge in [0.2, 0.25) is 5.91 Å². The molecule has 2 amide bonds. The van der Waals surface area contributed by atoms with Crippen LogP contribution < -0.4 is 5.32 Å². The van der Waals surface area contributed by atoms with Gasteiger partial charge >= 0.3 is 6.09 Å². The van der Waals surface area contributed by atoms with Crippen LogP contribution in [-0.2, 0) is 20.9 Å². The van der Waals surface area contributed by atoms with Crippen LogP contribution in [0.2, 0.25) is 0 Å². The van der Waals surface area contributed by atoms with E-state index in [1.165, 1.54) is 19.3 Å². The van der Waals surface area contributed by atoms with Crippen LogP contribution in [0.5, 0.6) is 0 Å². The van der Waals surface area contributed by atoms with Crippen LogP contribution >= 0.6 is 0 Å². The Hall–Kier alpha value is -2.34. The average Bonchev–Trinajstić information content (AvgIpc) is 3.43. The zero-order valence-electron chi connectivity index (χ0n) is 24.5. The van der Waals surface area contributed by atoms with Crippen molar-refractivity contribution in [2.24, 2.45) is 29.1 Å². The molecular weight excluding hydrogens is 500 g/mol. The summed E-state index contributed by atoms with van der Waals surface area (Å²) in [5.41, 5.74) is 4.29. The minimum Gasteiger partial charge on any atom is -0.445 e. The SMILES string of the molecule is CC1=C2CC3[C@@H](CCC4NC(=O)CCC43C)C2CCC2(C1)OC1CCCN(C(=O)OCc3ccccc3)C1C2C. The molecule has 40 heavy (non-hydrogen) atoms. The number of rotatable bonds is 2. The van der Waals surface area contributed by atoms with Crippen LogP contribution in [0, 0.1) is 29.1 Å². The highest BCUT2D eigenvalue weighted by Crippen LogP contribution is 2.62. The van der Waals surface area contributed by atoms with Crippen LogP contribution in [0.25, 0.3) is 0 Å². The number of allylic oxidation sites excluding steroid dienone is 1. The van der Waals surface area contributed by atoms with Crippen LogP contribution in [0.4, 0.5) is 4.79 Å². The van der Waals surface area contributed by atoms with Gasteiger partial charge in [0.05, 0.1) is 17.7 Å². The monoisotopic (exact) mass is 546 g/mol. The first-order valence-electron chi connectivity index (χ1n) is 15.9. The summed E-state index contributed by atoms with van der Waals surface area (Å²) >= 11 is 0. The van der Waals surface area contributed by atoms with E-state index in [-0.39, 0.29) is 41.1 Å². The fourth-order valence-corrected chi connectivity index (χ4v) is 10.3. The predicted octanol–water partition coefficient (Wildman–Crippen LogP) is 6.39. The number of carbonyl (C=O) groups is 2. The van der Waals surface area contributed by atoms with Crippen molar-refractivity contribution in [2.45, 2.75) is 115 Å². The van der Waals surface area contributed by atoms with Gasteiger partial charge in [0.25, 0.3) is 0 Å². The lowest BCUT2D eigenvalue weighted by Crippen LogP contribution is -2.57. The molecule has 8 unspecified atom stereocenters. The summed E-state index contributed by atoms with van der Waals surface area (Å²) < 4.78 is 12.9. The molecule has 6 heteroatoms. The molecule has 9 atom stereocenters. The molecule has 0 aromatic heterocycles. The molecule has 216 valence electrons. The summed E-state index contributed by atoms with van der Waals surface area (Å²) in [6, 6.07) is 10.4. The molecule has 1 aromatic carbocycles. The number of nitrogens with one attached hydrogen (secondary N) is 1. The second-order valence-corrected chi connectivity index (χ2v) is 14.2. The lowest BCUT2D eigenvalue weighted by Gasteiger charge is -2.52. The largest absolute Gasteiger partial charge is 0.445 e. The number of hydrogen-bond donors (Lipinski definition) is 1. The van der Waals surface area contributed by atoms with E-state index in [2.05, 4.69) is 26.1 Å². The Kier molecular flexibility index (Phi) is 6.56. The topological polar surface area (TPSA) is 67.9 Å². The molecule has 5 fully saturated rings. The first-order chi connectivity index (χ1) is 19.3. The second kappa shape index (κ2) is 9.89. The lowest BCUT2D eigenvalue weighted by molar-refractivity contribution is -0.130. The Bertz CT molecular complexity index is 1200. The summed E-state index contributed by atoms with van der Waals surface area (Å²) in [4.78, 5) is 27.5. The van der Waals surface area contributed by atoms with Gasteiger partial charge in [-0.3, -0.25) is 4.79 Å². The Balaban J connectivity index is 1.10. The van der Waals surface area contributed by atoms with Crippen molar-refractivity contribution in [1.82, 2.24) is 10.2 Å². The summed E-state index contributed by atoms with van der Waals surface area (Å²) in [7, 11) is 0. The molecule has 0 radical (unpaired) electrons. The third-order valence-electron chi connectivity index (χ3n) is 12.4. The zero-order valence-corrected chi connectivity index (χ0v) is 24.5. The highest BCUT2D eigenvalue weighted by Gasteiger charge is 2.60. The third kappa shape index (κ3) is 4.15. The van der Waals surface area contributed by atoms with Crippen LogP contribution in [-0.4, -0.2) is 47.2 Å². The van der Waals surface area contributed by atoms with Crippen molar-refractivity contribution < 1.29 is 19.1 Å². The van der Waals surface area contributed by atoms with E-state index in [1.807, 2.05) is 35.2 Å². The number of likely N-dealkylation sites (tertiary alicyclic amines) is 1. The summed E-state index contributed by atoms with van der Waals surface area (Å²) in [5, 5.41) is 3.36. The Morgan fingerprint density at radius 2 is 1.98 bits per heavy atom. The van der Waals surface area contributed by atoms with Gasteiger partial charge in [0.1, 0.15) is 6.61 Å². The number of benzene rings is 1. The van der Waals surface area contributed by atoms with Crippen molar-refractivity contribution in [3.63, 3.8) is 0 Å². The second-order valence-electron chi connectivity index (χ2n) is 14.2. The maximum absolute atomic E-state index is 13.4. The van der Waals surface area contributed by atoms with Gasteiger partial charge in [-0.05, 0) is 93.4 Å². The van der Waals surface area contributed by atoms with Crippen molar-refractivity contribution in [2.75, 3.05) is 6.54 Å². The van der Waals surface area contributed by atoms with Gasteiger partial charge in [-0.1, -0.05) is 55.3 Å². The quantitative estimate of drug-likeness (QED) is 0.437. The van der Waals surface area contributed by atoms with Crippen molar-refractivity contribution >= 4 is 12.0 Å². The van der Waals surface area contributed by atoms with Crippen LogP contribution in [0.3, 0.4) is 0 Å². The lowest BCUT2D eigenvalue weighted by atomic mass is 9.57. The number of fused-ring (bicyclic) bond motifs is 6. The van der Waals surface area contributed by atoms with Gasteiger partial charge in [-0.15, -0.1) is 0 Å². The molecule has 7 rings (SSSR count). The number of carbonyl (C=O) groups excluding carboxylic acids is 2. The fourth-order valence-electron chi connectivity index (χ4n) is 10.3. The summed E-state index contributed by atoms with van der Waals surface area (Å²) in [6.45, 7) is 8.24. The van der Waals surface area contributed by atoms with Gasteiger partial charge in [-0.25, -0.2) is 4.79 Å². The molecular formula is C34H46N2O4. The van der Waals surface area contributed by atoms with Gasteiger partial charge < -0.3 is 19.7 Å². The molecule has 3 aliphatic heterocycles. The molecule has 3 aliphatic carbocycles. The minimum absolute atomic E-state index is 0.0840. The number of ether oxygens (including phenoxy) is 2. The van der Waals surface area contributed by atoms with E-state index >= 15 is 0 Å². The molecule has 6 aliphatic rings. The molecule has 3 heterocycles. The van der Waals surface area contributed by atoms with Gasteiger partial charge in [0, 0.05) is 24.9 Å². The Morgan fingerprint density at radius 1 is 1.15 bits per heavy atom. The maximum Gasteiger partial charge on any atom is 0.410 e. The van der Waals surface area contributed by atoms with Crippen molar-refractivity contribution in [3.8, 4) is 0 Å². The molecule has 3 saturated heterocycles. The number of hydrogen-bond acceptors (Lipinski definition) is 4. The minimum atomic E-state index is -0.200. The number of amides is 2. The average molecular weight is 547 g/mol. The first-order valence-corrected chi connectivity index (χ1v) is 15.9. The van der Waals surface area contributed by atoms with E-state index in [4.69, 9.17) is 9.47 Å². The first kappa shape index (κ1) is 26.6. The number of piperidine rings is 2. The van der Waals surface area contributed by atoms with Crippen molar-refractivity contribution in [1.29, 1.82) is 0 Å². The van der Waals surface area contributed by atoms with Crippen molar-refractivity contribution in [3.05, 3.63) is 47.0 Å². The van der Waals surface area contributed by atoms with Crippen LogP contribution in [0.1, 0.15) is 90.5 Å². The van der Waals surface area contributed by atoms with Gasteiger partial charge in [0.15, 0.2) is 0 Å². The summed E-state index contributed by atoms with van der Waals surface area (Å²) in [5.74, 6) is 2.56. The molecule has 1 N–H and O–H groups in total. The molecule has 6 nitrogen and oxygen atoms in total. The standard InChI is InChI=1S/C34H46N2O4/c1-21-19-34(16-13-24-25-11-12-29-33(3,15-14-30(37)35-29)27(25)18-26(21)24)22(2)31-28(40-34)10-7-17-36(31)32(38)39-20-23-8-5-4-6-9-23/h4-6,8-9,22,24-25,27-29,31H,7,10-20H2,1-3H3,(H,35,37)/t22?,24?,25-,27?,28?,29?,31?,33?,34?/m0/s1. The highest BCUT2D eigenvalue weighted by atomic mass is 16.6. The molecule has 1 spiro atoms. The van der Waals surface area contributed by atoms with E-state index in [1.54, 1.807) is 11.1 Å². The molecule has 0 bridgehead atoms. The van der Waals surface area contributed by atoms with E-state index < -0.39 is 0 Å². The smallest absolute Gasteiger partial charge is 0.410 e. The van der Waals surface area contributed by atoms with E-state index in [0.717, 1.165) is 56.6 Å². The normalized spacial score (nSPS) is 42.4. The van der Waals surface area contributed by atoms with Gasteiger partial charge in [-0.2, -0.15) is 0 Å². The Morgan fingerprint density at radius 3 is 2.80 bits per heavy atom. The molecule has 1 aromatic rings. The Labute approximate surface area is 239 Å². The molecule has 2 saturated carbocycles. The third-order valence-corrected chi connectivity index (χ3v) is 12.4. The van der Waals surface area contributed by atoms with E-state index in [0.29, 0.717) is 30.9 Å².